The lowest BCUT2D eigenvalue weighted by Crippen LogP contribution is -2.52. The molecule has 0 aromatic rings. The van der Waals surface area contributed by atoms with E-state index >= 15 is 0 Å². The third kappa shape index (κ3) is 3.62. The molecule has 0 atom stereocenters. The monoisotopic (exact) mass is 285 g/mol. The molecule has 0 radical (unpaired) electrons. The normalized spacial score (nSPS) is 17.0. The summed E-state index contributed by atoms with van der Waals surface area (Å²) in [6.45, 7) is 4.85. The predicted molar refractivity (Wildman–Crippen MR) is 77.3 cm³/mol. The van der Waals surface area contributed by atoms with Gasteiger partial charge in [-0.05, 0) is 26.7 Å². The van der Waals surface area contributed by atoms with Crippen LogP contribution in [-0.4, -0.2) is 78.1 Å². The van der Waals surface area contributed by atoms with E-state index < -0.39 is 5.54 Å². The van der Waals surface area contributed by atoms with Crippen LogP contribution in [0, 0.1) is 5.92 Å². The third-order valence-corrected chi connectivity index (χ3v) is 4.12. The summed E-state index contributed by atoms with van der Waals surface area (Å²) in [5.74, 6) is -0.00182. The number of piperidine rings is 1. The lowest BCUT2D eigenvalue weighted by atomic mass is 9.93. The molecule has 1 heterocycles. The summed E-state index contributed by atoms with van der Waals surface area (Å²) in [6, 6.07) is -0.0000541. The Morgan fingerprint density at radius 3 is 2.10 bits per heavy atom. The number of carbonyl (C=O) groups is 2. The first-order valence-corrected chi connectivity index (χ1v) is 7.05. The molecule has 20 heavy (non-hydrogen) atoms. The smallest absolute Gasteiger partial charge is 0.319 e. The number of hydrogen-bond donors (Lipinski definition) is 1. The summed E-state index contributed by atoms with van der Waals surface area (Å²) >= 11 is 0. The molecule has 1 saturated heterocycles. The van der Waals surface area contributed by atoms with Crippen LogP contribution in [0.2, 0.25) is 0 Å². The van der Waals surface area contributed by atoms with E-state index in [0.29, 0.717) is 25.9 Å². The molecule has 0 aromatic heterocycles. The van der Waals surface area contributed by atoms with Crippen molar-refractivity contribution in [2.75, 3.05) is 40.8 Å². The van der Waals surface area contributed by atoms with Gasteiger partial charge in [0.05, 0.1) is 12.1 Å². The number of amides is 3. The second-order valence-corrected chi connectivity index (χ2v) is 6.31. The molecule has 1 fully saturated rings. The van der Waals surface area contributed by atoms with Crippen LogP contribution in [0.15, 0.2) is 0 Å². The van der Waals surface area contributed by atoms with Crippen molar-refractivity contribution in [3.05, 3.63) is 0 Å². The summed E-state index contributed by atoms with van der Waals surface area (Å²) in [5.41, 5.74) is -0.548. The molecule has 1 rings (SSSR count). The number of likely N-dealkylation sites (N-methyl/N-ethyl adjacent to an activating group) is 1. The number of nitrogens with zero attached hydrogens (tertiary/aromatic N) is 3. The zero-order valence-corrected chi connectivity index (χ0v) is 13.2. The summed E-state index contributed by atoms with van der Waals surface area (Å²) in [6.07, 6.45) is 1.37. The van der Waals surface area contributed by atoms with Gasteiger partial charge in [-0.3, -0.25) is 4.79 Å². The molecule has 116 valence electrons. The van der Waals surface area contributed by atoms with Crippen molar-refractivity contribution in [1.29, 1.82) is 0 Å². The topological polar surface area (TPSA) is 64.1 Å². The predicted octanol–water partition coefficient (Wildman–Crippen LogP) is 0.609. The Labute approximate surface area is 121 Å². The SMILES string of the molecule is CN(C)C(=O)N1CCC(C(=O)N(C)C(C)(C)CO)CC1. The summed E-state index contributed by atoms with van der Waals surface area (Å²) < 4.78 is 0. The molecule has 6 heteroatoms. The van der Waals surface area contributed by atoms with Gasteiger partial charge in [0.2, 0.25) is 5.91 Å². The van der Waals surface area contributed by atoms with Gasteiger partial charge in [-0.2, -0.15) is 0 Å². The minimum Gasteiger partial charge on any atom is -0.394 e. The second-order valence-electron chi connectivity index (χ2n) is 6.31. The van der Waals surface area contributed by atoms with E-state index in [2.05, 4.69) is 0 Å². The Morgan fingerprint density at radius 1 is 1.20 bits per heavy atom. The van der Waals surface area contributed by atoms with Crippen molar-refractivity contribution >= 4 is 11.9 Å². The Bertz CT molecular complexity index is 361. The van der Waals surface area contributed by atoms with Gasteiger partial charge in [0, 0.05) is 40.2 Å². The third-order valence-electron chi connectivity index (χ3n) is 4.12. The summed E-state index contributed by atoms with van der Waals surface area (Å²) in [7, 11) is 5.20. The van der Waals surface area contributed by atoms with E-state index in [0.717, 1.165) is 0 Å². The van der Waals surface area contributed by atoms with Gasteiger partial charge in [-0.1, -0.05) is 0 Å². The maximum atomic E-state index is 12.4. The molecule has 1 aliphatic rings. The van der Waals surface area contributed by atoms with Crippen LogP contribution in [0.4, 0.5) is 4.79 Å². The largest absolute Gasteiger partial charge is 0.394 e. The fourth-order valence-corrected chi connectivity index (χ4v) is 2.28. The fourth-order valence-electron chi connectivity index (χ4n) is 2.28. The molecule has 3 amide bonds. The van der Waals surface area contributed by atoms with Gasteiger partial charge in [-0.15, -0.1) is 0 Å². The average Bonchev–Trinajstić information content (AvgIpc) is 2.44. The maximum absolute atomic E-state index is 12.4. The van der Waals surface area contributed by atoms with Crippen LogP contribution in [0.5, 0.6) is 0 Å². The average molecular weight is 285 g/mol. The van der Waals surface area contributed by atoms with Crippen LogP contribution < -0.4 is 0 Å². The quantitative estimate of drug-likeness (QED) is 0.826. The van der Waals surface area contributed by atoms with Crippen molar-refractivity contribution in [3.63, 3.8) is 0 Å². The van der Waals surface area contributed by atoms with Crippen molar-refractivity contribution in [2.45, 2.75) is 32.2 Å². The van der Waals surface area contributed by atoms with Crippen molar-refractivity contribution in [1.82, 2.24) is 14.7 Å². The van der Waals surface area contributed by atoms with Crippen molar-refractivity contribution in [3.8, 4) is 0 Å². The first-order valence-electron chi connectivity index (χ1n) is 7.05. The molecule has 0 aliphatic carbocycles. The molecule has 1 N–H and O–H groups in total. The van der Waals surface area contributed by atoms with Gasteiger partial charge in [0.15, 0.2) is 0 Å². The molecule has 0 unspecified atom stereocenters. The second kappa shape index (κ2) is 6.43. The Kier molecular flexibility index (Phi) is 5.39. The van der Waals surface area contributed by atoms with E-state index in [4.69, 9.17) is 0 Å². The molecule has 6 nitrogen and oxygen atoms in total. The number of rotatable bonds is 3. The van der Waals surface area contributed by atoms with Crippen LogP contribution in [0.25, 0.3) is 0 Å². The van der Waals surface area contributed by atoms with Gasteiger partial charge in [0.25, 0.3) is 0 Å². The number of likely N-dealkylation sites (tertiary alicyclic amines) is 1. The zero-order chi connectivity index (χ0) is 15.5. The van der Waals surface area contributed by atoms with Crippen molar-refractivity contribution in [2.24, 2.45) is 5.92 Å². The van der Waals surface area contributed by atoms with Crippen LogP contribution in [0.1, 0.15) is 26.7 Å². The lowest BCUT2D eigenvalue weighted by molar-refractivity contribution is -0.141. The van der Waals surface area contributed by atoms with E-state index in [9.17, 15) is 14.7 Å². The number of aliphatic hydroxyl groups excluding tert-OH is 1. The minimum atomic E-state index is -0.548. The highest BCUT2D eigenvalue weighted by Crippen LogP contribution is 2.23. The van der Waals surface area contributed by atoms with Crippen molar-refractivity contribution < 1.29 is 14.7 Å². The molecule has 1 aliphatic heterocycles. The van der Waals surface area contributed by atoms with E-state index in [-0.39, 0.29) is 24.5 Å². The number of hydrogen-bond acceptors (Lipinski definition) is 3. The Morgan fingerprint density at radius 2 is 1.70 bits per heavy atom. The highest BCUT2D eigenvalue weighted by Gasteiger charge is 2.34. The maximum Gasteiger partial charge on any atom is 0.319 e. The summed E-state index contributed by atoms with van der Waals surface area (Å²) in [5, 5.41) is 9.34. The van der Waals surface area contributed by atoms with Crippen LogP contribution in [0.3, 0.4) is 0 Å². The number of urea groups is 1. The molecular formula is C14H27N3O3. The highest BCUT2D eigenvalue weighted by atomic mass is 16.3. The minimum absolute atomic E-state index is 0.0000541. The Hall–Kier alpha value is -1.30. The van der Waals surface area contributed by atoms with Gasteiger partial charge in [0.1, 0.15) is 0 Å². The number of aliphatic hydroxyl groups is 1. The molecule has 0 spiro atoms. The standard InChI is InChI=1S/C14H27N3O3/c1-14(2,10-18)16(5)12(19)11-6-8-17(9-7-11)13(20)15(3)4/h11,18H,6-10H2,1-5H3. The highest BCUT2D eigenvalue weighted by molar-refractivity contribution is 5.80. The molecular weight excluding hydrogens is 258 g/mol. The lowest BCUT2D eigenvalue weighted by Gasteiger charge is -2.39. The molecule has 0 bridgehead atoms. The van der Waals surface area contributed by atoms with E-state index in [1.807, 2.05) is 13.8 Å². The summed E-state index contributed by atoms with van der Waals surface area (Å²) in [4.78, 5) is 29.2. The van der Waals surface area contributed by atoms with Crippen LogP contribution >= 0.6 is 0 Å². The van der Waals surface area contributed by atoms with E-state index in [1.54, 1.807) is 35.8 Å². The number of carbonyl (C=O) groups excluding carboxylic acids is 2. The fraction of sp³-hybridized carbons (Fsp3) is 0.857. The van der Waals surface area contributed by atoms with Crippen LogP contribution in [-0.2, 0) is 4.79 Å². The Balaban J connectivity index is 2.57. The first kappa shape index (κ1) is 16.8. The molecule has 0 aromatic carbocycles. The van der Waals surface area contributed by atoms with Gasteiger partial charge < -0.3 is 19.8 Å². The van der Waals surface area contributed by atoms with E-state index in [1.165, 1.54) is 0 Å². The van der Waals surface area contributed by atoms with Gasteiger partial charge >= 0.3 is 6.03 Å². The van der Waals surface area contributed by atoms with Gasteiger partial charge in [-0.25, -0.2) is 4.79 Å². The first-order chi connectivity index (χ1) is 9.20. The molecule has 0 saturated carbocycles. The zero-order valence-electron chi connectivity index (χ0n) is 13.2.